The highest BCUT2D eigenvalue weighted by molar-refractivity contribution is 7.17. The Morgan fingerprint density at radius 3 is 2.62 bits per heavy atom. The van der Waals surface area contributed by atoms with E-state index in [0.29, 0.717) is 5.69 Å². The largest absolute Gasteiger partial charge is 0.405 e. The Labute approximate surface area is 166 Å². The number of hydrogen-bond acceptors (Lipinski definition) is 6. The number of β-amino-alcohol motifs (C(OH)–C–C–N with tert-alkyl or cyclic N) is 1. The number of amides is 1. The zero-order valence-electron chi connectivity index (χ0n) is 15.3. The number of thiazole rings is 1. The highest BCUT2D eigenvalue weighted by atomic mass is 32.1. The van der Waals surface area contributed by atoms with Gasteiger partial charge >= 0.3 is 6.18 Å². The van der Waals surface area contributed by atoms with Crippen LogP contribution in [0.2, 0.25) is 0 Å². The van der Waals surface area contributed by atoms with Crippen molar-refractivity contribution in [3.8, 4) is 10.4 Å². The van der Waals surface area contributed by atoms with Crippen LogP contribution in [0.3, 0.4) is 0 Å². The van der Waals surface area contributed by atoms with E-state index in [-0.39, 0.29) is 34.4 Å². The smallest absolute Gasteiger partial charge is 0.386 e. The van der Waals surface area contributed by atoms with E-state index in [0.717, 1.165) is 23.6 Å². The quantitative estimate of drug-likeness (QED) is 0.700. The van der Waals surface area contributed by atoms with Crippen LogP contribution in [0, 0.1) is 6.92 Å². The van der Waals surface area contributed by atoms with Gasteiger partial charge in [-0.2, -0.15) is 13.2 Å². The molecule has 0 spiro atoms. The number of anilines is 1. The summed E-state index contributed by atoms with van der Waals surface area (Å²) in [5.41, 5.74) is -1.15. The molecule has 2 aromatic heterocycles. The van der Waals surface area contributed by atoms with Gasteiger partial charge < -0.3 is 15.3 Å². The number of alkyl halides is 5. The minimum Gasteiger partial charge on any atom is -0.386 e. The third-order valence-corrected chi connectivity index (χ3v) is 5.39. The maximum Gasteiger partial charge on any atom is 0.405 e. The van der Waals surface area contributed by atoms with E-state index < -0.39 is 36.2 Å². The van der Waals surface area contributed by atoms with E-state index in [1.165, 1.54) is 4.90 Å². The van der Waals surface area contributed by atoms with Gasteiger partial charge in [-0.25, -0.2) is 18.7 Å². The fourth-order valence-corrected chi connectivity index (χ4v) is 3.99. The second-order valence-electron chi connectivity index (χ2n) is 7.02. The molecular formula is C17H17F5N4O2S. The average Bonchev–Trinajstić information content (AvgIpc) is 2.98. The number of likely N-dealkylation sites (tertiary alicyclic amines) is 1. The van der Waals surface area contributed by atoms with Crippen LogP contribution in [0.15, 0.2) is 12.3 Å². The van der Waals surface area contributed by atoms with Crippen molar-refractivity contribution >= 4 is 23.1 Å². The van der Waals surface area contributed by atoms with Crippen molar-refractivity contribution in [2.75, 3.05) is 25.0 Å². The number of hydrogen-bond donors (Lipinski definition) is 2. The lowest BCUT2D eigenvalue weighted by Crippen LogP contribution is -2.61. The lowest BCUT2D eigenvalue weighted by atomic mass is 9.97. The summed E-state index contributed by atoms with van der Waals surface area (Å²) < 4.78 is 64.1. The molecule has 1 amide bonds. The standard InChI is InChI=1S/C17H17F5N4O2S/c1-8-12(29-14(25-8)15(27)26-6-16(2,28)7-26)10-4-23-11(3-9(10)13(18)19)24-5-17(20,21)22/h3-4,13,28H,5-7H2,1-2H3,(H,23,24). The van der Waals surface area contributed by atoms with Crippen LogP contribution < -0.4 is 5.32 Å². The molecule has 0 atom stereocenters. The molecule has 158 valence electrons. The van der Waals surface area contributed by atoms with Gasteiger partial charge in [0.2, 0.25) is 0 Å². The molecule has 3 heterocycles. The third kappa shape index (κ3) is 4.81. The minimum atomic E-state index is -4.52. The molecule has 1 aliphatic heterocycles. The van der Waals surface area contributed by atoms with Crippen LogP contribution in [-0.2, 0) is 0 Å². The summed E-state index contributed by atoms with van der Waals surface area (Å²) in [5, 5.41) is 11.8. The Bertz CT molecular complexity index is 921. The Kier molecular flexibility index (Phi) is 5.52. The Morgan fingerprint density at radius 1 is 1.41 bits per heavy atom. The number of nitrogens with one attached hydrogen (secondary N) is 1. The minimum absolute atomic E-state index is 0.00205. The lowest BCUT2D eigenvalue weighted by molar-refractivity contribution is -0.115. The molecule has 0 saturated carbocycles. The molecular weight excluding hydrogens is 419 g/mol. The van der Waals surface area contributed by atoms with Crippen molar-refractivity contribution < 1.29 is 31.9 Å². The molecule has 0 aromatic carbocycles. The van der Waals surface area contributed by atoms with Gasteiger partial charge in [0.15, 0.2) is 5.01 Å². The van der Waals surface area contributed by atoms with Crippen molar-refractivity contribution in [3.63, 3.8) is 0 Å². The fraction of sp³-hybridized carbons (Fsp3) is 0.471. The first-order valence-electron chi connectivity index (χ1n) is 8.44. The molecule has 3 rings (SSSR count). The molecule has 0 bridgehead atoms. The van der Waals surface area contributed by atoms with Crippen molar-refractivity contribution in [1.82, 2.24) is 14.9 Å². The van der Waals surface area contributed by atoms with Gasteiger partial charge in [-0.3, -0.25) is 4.79 Å². The molecule has 1 fully saturated rings. The van der Waals surface area contributed by atoms with Crippen LogP contribution in [-0.4, -0.2) is 57.3 Å². The SMILES string of the molecule is Cc1nc(C(=O)N2CC(C)(O)C2)sc1-c1cnc(NCC(F)(F)F)cc1C(F)F. The summed E-state index contributed by atoms with van der Waals surface area (Å²) in [4.78, 5) is 22.0. The molecule has 6 nitrogen and oxygen atoms in total. The van der Waals surface area contributed by atoms with E-state index in [1.807, 2.05) is 5.32 Å². The topological polar surface area (TPSA) is 78.4 Å². The summed E-state index contributed by atoms with van der Waals surface area (Å²) in [6.45, 7) is 2.01. The Balaban J connectivity index is 1.88. The van der Waals surface area contributed by atoms with Crippen molar-refractivity contribution in [3.05, 3.63) is 28.5 Å². The van der Waals surface area contributed by atoms with Gasteiger partial charge in [0, 0.05) is 17.3 Å². The molecule has 0 unspecified atom stereocenters. The molecule has 1 aliphatic rings. The zero-order chi connectivity index (χ0) is 21.6. The first-order valence-corrected chi connectivity index (χ1v) is 9.26. The fourth-order valence-electron chi connectivity index (χ4n) is 2.92. The lowest BCUT2D eigenvalue weighted by Gasteiger charge is -2.43. The number of halogens is 5. The second kappa shape index (κ2) is 7.48. The Morgan fingerprint density at radius 2 is 2.07 bits per heavy atom. The summed E-state index contributed by atoms with van der Waals surface area (Å²) in [6.07, 6.45) is -6.44. The number of rotatable bonds is 5. The first-order chi connectivity index (χ1) is 13.4. The van der Waals surface area contributed by atoms with E-state index in [1.54, 1.807) is 13.8 Å². The zero-order valence-corrected chi connectivity index (χ0v) is 16.2. The molecule has 0 radical (unpaired) electrons. The van der Waals surface area contributed by atoms with Gasteiger partial charge in [-0.05, 0) is 19.9 Å². The molecule has 2 N–H and O–H groups in total. The third-order valence-electron chi connectivity index (χ3n) is 4.22. The van der Waals surface area contributed by atoms with Crippen LogP contribution in [0.5, 0.6) is 0 Å². The van der Waals surface area contributed by atoms with Crippen LogP contribution in [0.1, 0.15) is 34.4 Å². The van der Waals surface area contributed by atoms with Crippen molar-refractivity contribution in [1.29, 1.82) is 0 Å². The van der Waals surface area contributed by atoms with Gasteiger partial charge in [0.25, 0.3) is 12.3 Å². The van der Waals surface area contributed by atoms with E-state index >= 15 is 0 Å². The number of pyridine rings is 1. The van der Waals surface area contributed by atoms with E-state index in [2.05, 4.69) is 9.97 Å². The summed E-state index contributed by atoms with van der Waals surface area (Å²) in [5.74, 6) is -0.756. The molecule has 2 aromatic rings. The number of aromatic nitrogens is 2. The highest BCUT2D eigenvalue weighted by Crippen LogP contribution is 2.38. The van der Waals surface area contributed by atoms with Gasteiger partial charge in [-0.15, -0.1) is 11.3 Å². The second-order valence-corrected chi connectivity index (χ2v) is 8.02. The van der Waals surface area contributed by atoms with Crippen LogP contribution in [0.4, 0.5) is 27.8 Å². The normalized spacial score (nSPS) is 16.1. The van der Waals surface area contributed by atoms with Gasteiger partial charge in [-0.1, -0.05) is 0 Å². The maximum absolute atomic E-state index is 13.5. The van der Waals surface area contributed by atoms with Crippen LogP contribution >= 0.6 is 11.3 Å². The first kappa shape index (κ1) is 21.4. The monoisotopic (exact) mass is 436 g/mol. The van der Waals surface area contributed by atoms with Gasteiger partial charge in [0.05, 0.1) is 29.3 Å². The summed E-state index contributed by atoms with van der Waals surface area (Å²) in [6, 6.07) is 0.860. The molecule has 29 heavy (non-hydrogen) atoms. The predicted molar refractivity (Wildman–Crippen MR) is 96.1 cm³/mol. The Hall–Kier alpha value is -2.34. The summed E-state index contributed by atoms with van der Waals surface area (Å²) in [7, 11) is 0. The number of carbonyl (C=O) groups is 1. The number of nitrogens with zero attached hydrogens (tertiary/aromatic N) is 3. The summed E-state index contributed by atoms with van der Waals surface area (Å²) >= 11 is 0.896. The van der Waals surface area contributed by atoms with E-state index in [4.69, 9.17) is 0 Å². The number of aliphatic hydroxyl groups is 1. The van der Waals surface area contributed by atoms with Crippen LogP contribution in [0.25, 0.3) is 10.4 Å². The highest BCUT2D eigenvalue weighted by Gasteiger charge is 2.40. The average molecular weight is 436 g/mol. The molecule has 1 saturated heterocycles. The maximum atomic E-state index is 13.5. The molecule has 0 aliphatic carbocycles. The number of carbonyl (C=O) groups excluding carboxylic acids is 1. The van der Waals surface area contributed by atoms with Crippen molar-refractivity contribution in [2.45, 2.75) is 32.1 Å². The molecule has 12 heteroatoms. The van der Waals surface area contributed by atoms with E-state index in [9.17, 15) is 31.9 Å². The van der Waals surface area contributed by atoms with Gasteiger partial charge in [0.1, 0.15) is 12.4 Å². The predicted octanol–water partition coefficient (Wildman–Crippen LogP) is 3.63. The van der Waals surface area contributed by atoms with Crippen molar-refractivity contribution in [2.24, 2.45) is 0 Å². The number of aryl methyl sites for hydroxylation is 1.